The van der Waals surface area contributed by atoms with Gasteiger partial charge in [0.2, 0.25) is 0 Å². The maximum atomic E-state index is 5.91. The van der Waals surface area contributed by atoms with Crippen LogP contribution in [0.3, 0.4) is 0 Å². The standard InChI is InChI=1S/C10H12ClN/c1-2-10(11,12)8-9-6-4-3-5-7-9/h2-7H,1,8,12H2. The lowest BCUT2D eigenvalue weighted by Gasteiger charge is -2.16. The molecule has 0 fully saturated rings. The molecule has 0 saturated carbocycles. The quantitative estimate of drug-likeness (QED) is 0.432. The molecule has 0 heterocycles. The summed E-state index contributed by atoms with van der Waals surface area (Å²) in [5.74, 6) is 0. The van der Waals surface area contributed by atoms with E-state index in [1.165, 1.54) is 0 Å². The Morgan fingerprint density at radius 3 is 2.50 bits per heavy atom. The molecule has 64 valence electrons. The van der Waals surface area contributed by atoms with Gasteiger partial charge in [0.15, 0.2) is 0 Å². The van der Waals surface area contributed by atoms with Gasteiger partial charge in [-0.05, 0) is 5.56 Å². The number of rotatable bonds is 3. The first-order chi connectivity index (χ1) is 5.64. The summed E-state index contributed by atoms with van der Waals surface area (Å²) in [6, 6.07) is 9.88. The molecule has 1 atom stereocenters. The van der Waals surface area contributed by atoms with Crippen molar-refractivity contribution < 1.29 is 0 Å². The highest BCUT2D eigenvalue weighted by atomic mass is 35.5. The summed E-state index contributed by atoms with van der Waals surface area (Å²) in [6.07, 6.45) is 2.17. The number of hydrogen-bond donors (Lipinski definition) is 1. The summed E-state index contributed by atoms with van der Waals surface area (Å²) in [7, 11) is 0. The smallest absolute Gasteiger partial charge is 0.113 e. The van der Waals surface area contributed by atoms with E-state index in [2.05, 4.69) is 6.58 Å². The van der Waals surface area contributed by atoms with Gasteiger partial charge in [0.1, 0.15) is 5.00 Å². The molecule has 1 rings (SSSR count). The average molecular weight is 182 g/mol. The number of hydrogen-bond acceptors (Lipinski definition) is 1. The van der Waals surface area contributed by atoms with Crippen LogP contribution < -0.4 is 5.73 Å². The lowest BCUT2D eigenvalue weighted by molar-refractivity contribution is 0.732. The van der Waals surface area contributed by atoms with Crippen LogP contribution in [0.15, 0.2) is 43.0 Å². The van der Waals surface area contributed by atoms with Crippen molar-refractivity contribution in [2.75, 3.05) is 0 Å². The van der Waals surface area contributed by atoms with Crippen LogP contribution in [0.2, 0.25) is 0 Å². The molecular formula is C10H12ClN. The molecule has 1 nitrogen and oxygen atoms in total. The highest BCUT2D eigenvalue weighted by molar-refractivity contribution is 6.24. The molecule has 0 radical (unpaired) electrons. The number of nitrogens with two attached hydrogens (primary N) is 1. The molecule has 1 aromatic rings. The minimum atomic E-state index is -0.818. The summed E-state index contributed by atoms with van der Waals surface area (Å²) in [5.41, 5.74) is 6.82. The van der Waals surface area contributed by atoms with Crippen LogP contribution in [-0.4, -0.2) is 5.00 Å². The zero-order valence-electron chi connectivity index (χ0n) is 6.83. The molecule has 0 aliphatic rings. The van der Waals surface area contributed by atoms with Gasteiger partial charge in [-0.15, -0.1) is 6.58 Å². The molecule has 1 aromatic carbocycles. The van der Waals surface area contributed by atoms with Crippen molar-refractivity contribution in [3.05, 3.63) is 48.6 Å². The van der Waals surface area contributed by atoms with Crippen molar-refractivity contribution in [3.63, 3.8) is 0 Å². The van der Waals surface area contributed by atoms with Crippen molar-refractivity contribution in [1.82, 2.24) is 0 Å². The Hall–Kier alpha value is -0.790. The summed E-state index contributed by atoms with van der Waals surface area (Å²) in [5, 5.41) is 0. The van der Waals surface area contributed by atoms with E-state index in [-0.39, 0.29) is 0 Å². The largest absolute Gasteiger partial charge is 0.309 e. The number of benzene rings is 1. The van der Waals surface area contributed by atoms with Gasteiger partial charge in [-0.3, -0.25) is 0 Å². The molecule has 2 heteroatoms. The topological polar surface area (TPSA) is 26.0 Å². The fourth-order valence-corrected chi connectivity index (χ4v) is 1.14. The Morgan fingerprint density at radius 2 is 2.00 bits per heavy atom. The lowest BCUT2D eigenvalue weighted by atomic mass is 10.1. The molecule has 0 aliphatic heterocycles. The molecule has 0 saturated heterocycles. The van der Waals surface area contributed by atoms with Crippen molar-refractivity contribution >= 4 is 11.6 Å². The molecule has 0 spiro atoms. The van der Waals surface area contributed by atoms with Gasteiger partial charge in [0.05, 0.1) is 0 Å². The summed E-state index contributed by atoms with van der Waals surface area (Å²) < 4.78 is 0. The van der Waals surface area contributed by atoms with Gasteiger partial charge < -0.3 is 5.73 Å². The van der Waals surface area contributed by atoms with Crippen LogP contribution in [0.5, 0.6) is 0 Å². The predicted molar refractivity (Wildman–Crippen MR) is 53.1 cm³/mol. The minimum absolute atomic E-state index is 0.610. The zero-order chi connectivity index (χ0) is 9.03. The van der Waals surface area contributed by atoms with Gasteiger partial charge in [0, 0.05) is 6.42 Å². The molecule has 1 unspecified atom stereocenters. The van der Waals surface area contributed by atoms with Crippen molar-refractivity contribution in [2.24, 2.45) is 5.73 Å². The number of halogens is 1. The maximum Gasteiger partial charge on any atom is 0.113 e. The van der Waals surface area contributed by atoms with Gasteiger partial charge in [0.25, 0.3) is 0 Å². The van der Waals surface area contributed by atoms with E-state index < -0.39 is 5.00 Å². The molecule has 0 amide bonds. The maximum absolute atomic E-state index is 5.91. The molecular weight excluding hydrogens is 170 g/mol. The fourth-order valence-electron chi connectivity index (χ4n) is 0.981. The van der Waals surface area contributed by atoms with E-state index in [1.54, 1.807) is 6.08 Å². The van der Waals surface area contributed by atoms with E-state index in [0.717, 1.165) is 5.56 Å². The first kappa shape index (κ1) is 9.30. The molecule has 0 aromatic heterocycles. The van der Waals surface area contributed by atoms with Crippen molar-refractivity contribution in [1.29, 1.82) is 0 Å². The lowest BCUT2D eigenvalue weighted by Crippen LogP contribution is -2.32. The second-order valence-corrected chi connectivity index (χ2v) is 3.50. The van der Waals surface area contributed by atoms with Gasteiger partial charge >= 0.3 is 0 Å². The van der Waals surface area contributed by atoms with Crippen molar-refractivity contribution in [3.8, 4) is 0 Å². The summed E-state index contributed by atoms with van der Waals surface area (Å²) in [4.78, 5) is -0.818. The van der Waals surface area contributed by atoms with Gasteiger partial charge in [-0.25, -0.2) is 0 Å². The molecule has 2 N–H and O–H groups in total. The third kappa shape index (κ3) is 2.68. The van der Waals surface area contributed by atoms with Crippen LogP contribution in [0.1, 0.15) is 5.56 Å². The second kappa shape index (κ2) is 3.74. The second-order valence-electron chi connectivity index (χ2n) is 2.79. The van der Waals surface area contributed by atoms with Gasteiger partial charge in [-0.1, -0.05) is 48.0 Å². The molecule has 12 heavy (non-hydrogen) atoms. The average Bonchev–Trinajstić information content (AvgIpc) is 2.06. The molecule has 0 bridgehead atoms. The van der Waals surface area contributed by atoms with Gasteiger partial charge in [-0.2, -0.15) is 0 Å². The van der Waals surface area contributed by atoms with E-state index in [9.17, 15) is 0 Å². The summed E-state index contributed by atoms with van der Waals surface area (Å²) >= 11 is 5.91. The fraction of sp³-hybridized carbons (Fsp3) is 0.200. The Morgan fingerprint density at radius 1 is 1.42 bits per heavy atom. The SMILES string of the molecule is C=CC(N)(Cl)Cc1ccccc1. The first-order valence-electron chi connectivity index (χ1n) is 3.79. The Bertz CT molecular complexity index is 254. The highest BCUT2D eigenvalue weighted by Crippen LogP contribution is 2.15. The van der Waals surface area contributed by atoms with E-state index in [1.807, 2.05) is 30.3 Å². The van der Waals surface area contributed by atoms with E-state index >= 15 is 0 Å². The van der Waals surface area contributed by atoms with Crippen molar-refractivity contribution in [2.45, 2.75) is 11.4 Å². The van der Waals surface area contributed by atoms with Crippen LogP contribution in [0.4, 0.5) is 0 Å². The Labute approximate surface area is 77.8 Å². The third-order valence-electron chi connectivity index (χ3n) is 1.66. The third-order valence-corrected chi connectivity index (χ3v) is 1.95. The Balaban J connectivity index is 2.70. The zero-order valence-corrected chi connectivity index (χ0v) is 7.59. The molecule has 0 aliphatic carbocycles. The Kier molecular flexibility index (Phi) is 2.90. The first-order valence-corrected chi connectivity index (χ1v) is 4.17. The predicted octanol–water partition coefficient (Wildman–Crippen LogP) is 2.31. The normalized spacial score (nSPS) is 15.2. The van der Waals surface area contributed by atoms with E-state index in [0.29, 0.717) is 6.42 Å². The van der Waals surface area contributed by atoms with Crippen LogP contribution in [0, 0.1) is 0 Å². The number of alkyl halides is 1. The highest BCUT2D eigenvalue weighted by Gasteiger charge is 2.16. The van der Waals surface area contributed by atoms with Crippen LogP contribution in [-0.2, 0) is 6.42 Å². The van der Waals surface area contributed by atoms with Crippen LogP contribution in [0.25, 0.3) is 0 Å². The monoisotopic (exact) mass is 181 g/mol. The van der Waals surface area contributed by atoms with Crippen LogP contribution >= 0.6 is 11.6 Å². The van der Waals surface area contributed by atoms with E-state index in [4.69, 9.17) is 17.3 Å². The summed E-state index contributed by atoms with van der Waals surface area (Å²) in [6.45, 7) is 3.57. The minimum Gasteiger partial charge on any atom is -0.309 e.